The summed E-state index contributed by atoms with van der Waals surface area (Å²) in [5.41, 5.74) is 0.932. The fourth-order valence-corrected chi connectivity index (χ4v) is 2.52. The van der Waals surface area contributed by atoms with Crippen LogP contribution in [-0.2, 0) is 14.4 Å². The summed E-state index contributed by atoms with van der Waals surface area (Å²) in [4.78, 5) is 30.7. The standard InChI is InChI=1S/C14H18FNO.CO2/c1-3-10-8-16(2)9-13(14(10)17)11-4-6-12(15)7-5-11;2-1-3/h4-7,10,13H,3,8-9H2,1-2H3;. The van der Waals surface area contributed by atoms with Gasteiger partial charge in [0.1, 0.15) is 11.6 Å². The molecule has 0 bridgehead atoms. The number of ketones is 1. The monoisotopic (exact) mass is 279 g/mol. The second-order valence-corrected chi connectivity index (χ2v) is 4.92. The van der Waals surface area contributed by atoms with E-state index in [1.165, 1.54) is 12.1 Å². The molecule has 2 rings (SSSR count). The zero-order chi connectivity index (χ0) is 15.1. The number of likely N-dealkylation sites (N-methyl/N-ethyl adjacent to an activating group) is 1. The van der Waals surface area contributed by atoms with Gasteiger partial charge in [-0.1, -0.05) is 19.1 Å². The van der Waals surface area contributed by atoms with Crippen LogP contribution in [0, 0.1) is 11.7 Å². The van der Waals surface area contributed by atoms with Crippen LogP contribution in [0.4, 0.5) is 4.39 Å². The van der Waals surface area contributed by atoms with E-state index in [-0.39, 0.29) is 23.8 Å². The first-order chi connectivity index (χ1) is 9.53. The van der Waals surface area contributed by atoms with Crippen molar-refractivity contribution >= 4 is 11.9 Å². The molecule has 0 N–H and O–H groups in total. The Morgan fingerprint density at radius 2 is 1.80 bits per heavy atom. The van der Waals surface area contributed by atoms with E-state index < -0.39 is 0 Å². The van der Waals surface area contributed by atoms with E-state index in [0.717, 1.165) is 25.1 Å². The molecular weight excluding hydrogens is 261 g/mol. The van der Waals surface area contributed by atoms with Crippen molar-refractivity contribution in [3.8, 4) is 0 Å². The first kappa shape index (κ1) is 16.2. The summed E-state index contributed by atoms with van der Waals surface area (Å²) < 4.78 is 12.9. The van der Waals surface area contributed by atoms with E-state index in [1.54, 1.807) is 12.1 Å². The molecule has 5 heteroatoms. The van der Waals surface area contributed by atoms with Crippen LogP contribution in [0.5, 0.6) is 0 Å². The largest absolute Gasteiger partial charge is 0.373 e. The van der Waals surface area contributed by atoms with E-state index in [4.69, 9.17) is 9.59 Å². The lowest BCUT2D eigenvalue weighted by Gasteiger charge is -2.34. The van der Waals surface area contributed by atoms with Gasteiger partial charge in [0, 0.05) is 19.0 Å². The van der Waals surface area contributed by atoms with Crippen LogP contribution in [0.1, 0.15) is 24.8 Å². The van der Waals surface area contributed by atoms with Crippen LogP contribution >= 0.6 is 0 Å². The molecule has 2 atom stereocenters. The normalized spacial score (nSPS) is 22.6. The van der Waals surface area contributed by atoms with Crippen molar-refractivity contribution < 1.29 is 18.8 Å². The van der Waals surface area contributed by atoms with E-state index in [1.807, 2.05) is 14.0 Å². The summed E-state index contributed by atoms with van der Waals surface area (Å²) in [6, 6.07) is 6.31. The van der Waals surface area contributed by atoms with Gasteiger partial charge in [0.05, 0.1) is 5.92 Å². The summed E-state index contributed by atoms with van der Waals surface area (Å²) in [6.07, 6.45) is 1.13. The van der Waals surface area contributed by atoms with E-state index in [2.05, 4.69) is 4.90 Å². The first-order valence-electron chi connectivity index (χ1n) is 6.50. The van der Waals surface area contributed by atoms with E-state index in [9.17, 15) is 9.18 Å². The molecule has 0 saturated carbocycles. The Hall–Kier alpha value is -1.84. The molecule has 0 amide bonds. The maximum absolute atomic E-state index is 12.9. The van der Waals surface area contributed by atoms with Gasteiger partial charge in [-0.15, -0.1) is 0 Å². The molecule has 0 radical (unpaired) electrons. The lowest BCUT2D eigenvalue weighted by molar-refractivity contribution is -0.191. The fourth-order valence-electron chi connectivity index (χ4n) is 2.52. The molecule has 1 aromatic carbocycles. The number of hydrogen-bond donors (Lipinski definition) is 0. The Morgan fingerprint density at radius 1 is 1.25 bits per heavy atom. The van der Waals surface area contributed by atoms with Gasteiger partial charge in [0.25, 0.3) is 0 Å². The van der Waals surface area contributed by atoms with Crippen molar-refractivity contribution in [2.75, 3.05) is 20.1 Å². The van der Waals surface area contributed by atoms with Crippen molar-refractivity contribution in [2.24, 2.45) is 5.92 Å². The van der Waals surface area contributed by atoms with Gasteiger partial charge in [-0.3, -0.25) is 4.79 Å². The minimum Gasteiger partial charge on any atom is -0.305 e. The summed E-state index contributed by atoms with van der Waals surface area (Å²) >= 11 is 0. The van der Waals surface area contributed by atoms with Gasteiger partial charge in [0.2, 0.25) is 0 Å². The number of carbonyl (C=O) groups is 1. The Balaban J connectivity index is 0.000000612. The number of likely N-dealkylation sites (tertiary alicyclic amines) is 1. The lowest BCUT2D eigenvalue weighted by Crippen LogP contribution is -2.43. The van der Waals surface area contributed by atoms with Crippen molar-refractivity contribution in [1.29, 1.82) is 0 Å². The number of hydrogen-bond acceptors (Lipinski definition) is 4. The zero-order valence-corrected chi connectivity index (χ0v) is 11.6. The zero-order valence-electron chi connectivity index (χ0n) is 11.6. The van der Waals surface area contributed by atoms with Crippen molar-refractivity contribution in [3.05, 3.63) is 35.6 Å². The highest BCUT2D eigenvalue weighted by Crippen LogP contribution is 2.28. The first-order valence-corrected chi connectivity index (χ1v) is 6.50. The molecule has 1 fully saturated rings. The average Bonchev–Trinajstić information content (AvgIpc) is 2.43. The smallest absolute Gasteiger partial charge is 0.305 e. The molecular formula is C15H18FNO3. The molecule has 2 unspecified atom stereocenters. The minimum atomic E-state index is -0.252. The molecule has 1 saturated heterocycles. The Kier molecular flexibility index (Phi) is 6.22. The molecule has 4 nitrogen and oxygen atoms in total. The van der Waals surface area contributed by atoms with Crippen LogP contribution in [-0.4, -0.2) is 37.0 Å². The molecule has 1 aromatic rings. The lowest BCUT2D eigenvalue weighted by atomic mass is 9.82. The number of carbonyl (C=O) groups excluding carboxylic acids is 3. The highest BCUT2D eigenvalue weighted by molar-refractivity contribution is 5.89. The number of benzene rings is 1. The molecule has 1 aliphatic heterocycles. The number of Topliss-reactive ketones (excluding diaryl/α,β-unsaturated/α-hetero) is 1. The SMILES string of the molecule is CCC1CN(C)CC(c2ccc(F)cc2)C1=O.O=C=O. The topological polar surface area (TPSA) is 54.5 Å². The average molecular weight is 279 g/mol. The van der Waals surface area contributed by atoms with Gasteiger partial charge in [0.15, 0.2) is 0 Å². The Bertz CT molecular complexity index is 480. The predicted molar refractivity (Wildman–Crippen MR) is 70.4 cm³/mol. The van der Waals surface area contributed by atoms with Crippen molar-refractivity contribution in [3.63, 3.8) is 0 Å². The van der Waals surface area contributed by atoms with Crippen LogP contribution in [0.25, 0.3) is 0 Å². The number of rotatable bonds is 2. The van der Waals surface area contributed by atoms with E-state index in [0.29, 0.717) is 5.78 Å². The fraction of sp³-hybridized carbons (Fsp3) is 0.467. The Labute approximate surface area is 117 Å². The van der Waals surface area contributed by atoms with Crippen LogP contribution in [0.15, 0.2) is 24.3 Å². The molecule has 108 valence electrons. The van der Waals surface area contributed by atoms with Gasteiger partial charge < -0.3 is 4.90 Å². The summed E-state index contributed by atoms with van der Waals surface area (Å²) in [6.45, 7) is 3.62. The maximum Gasteiger partial charge on any atom is 0.373 e. The molecule has 0 aliphatic carbocycles. The van der Waals surface area contributed by atoms with Crippen LogP contribution in [0.2, 0.25) is 0 Å². The molecule has 1 heterocycles. The minimum absolute atomic E-state index is 0.0979. The number of piperidine rings is 1. The van der Waals surface area contributed by atoms with Crippen LogP contribution < -0.4 is 0 Å². The summed E-state index contributed by atoms with van der Waals surface area (Å²) in [5.74, 6) is 0.0673. The van der Waals surface area contributed by atoms with Crippen molar-refractivity contribution in [1.82, 2.24) is 4.90 Å². The second-order valence-electron chi connectivity index (χ2n) is 4.92. The van der Waals surface area contributed by atoms with Gasteiger partial charge in [-0.2, -0.15) is 9.59 Å². The number of nitrogens with zero attached hydrogens (tertiary/aromatic N) is 1. The highest BCUT2D eigenvalue weighted by atomic mass is 19.1. The predicted octanol–water partition coefficient (Wildman–Crippen LogP) is 1.87. The maximum atomic E-state index is 12.9. The van der Waals surface area contributed by atoms with Gasteiger partial charge >= 0.3 is 6.15 Å². The third kappa shape index (κ3) is 4.08. The van der Waals surface area contributed by atoms with Gasteiger partial charge in [-0.05, 0) is 31.2 Å². The van der Waals surface area contributed by atoms with E-state index >= 15 is 0 Å². The number of halogens is 1. The van der Waals surface area contributed by atoms with Crippen LogP contribution in [0.3, 0.4) is 0 Å². The molecule has 0 aromatic heterocycles. The summed E-state index contributed by atoms with van der Waals surface area (Å²) in [7, 11) is 2.03. The Morgan fingerprint density at radius 3 is 2.30 bits per heavy atom. The quantitative estimate of drug-likeness (QED) is 0.829. The molecule has 1 aliphatic rings. The third-order valence-corrected chi connectivity index (χ3v) is 3.54. The highest BCUT2D eigenvalue weighted by Gasteiger charge is 2.33. The molecule has 0 spiro atoms. The third-order valence-electron chi connectivity index (χ3n) is 3.54. The van der Waals surface area contributed by atoms with Gasteiger partial charge in [-0.25, -0.2) is 4.39 Å². The second kappa shape index (κ2) is 7.68. The summed E-state index contributed by atoms with van der Waals surface area (Å²) in [5, 5.41) is 0. The molecule has 20 heavy (non-hydrogen) atoms. The van der Waals surface area contributed by atoms with Crippen molar-refractivity contribution in [2.45, 2.75) is 19.3 Å².